The number of nitrogens with zero attached hydrogens (tertiary/aromatic N) is 4. The molecule has 27 heavy (non-hydrogen) atoms. The van der Waals surface area contributed by atoms with Crippen LogP contribution in [-0.2, 0) is 5.54 Å². The van der Waals surface area contributed by atoms with E-state index in [2.05, 4.69) is 64.6 Å². The average molecular weight is 386 g/mol. The highest BCUT2D eigenvalue weighted by molar-refractivity contribution is 6.28. The lowest BCUT2D eigenvalue weighted by Gasteiger charge is -2.48. The van der Waals surface area contributed by atoms with E-state index in [-0.39, 0.29) is 22.4 Å². The molecular weight excluding hydrogens is 362 g/mol. The predicted molar refractivity (Wildman–Crippen MR) is 106 cm³/mol. The van der Waals surface area contributed by atoms with Crippen molar-refractivity contribution in [1.82, 2.24) is 20.2 Å². The van der Waals surface area contributed by atoms with Crippen LogP contribution in [0, 0.1) is 0 Å². The molecule has 2 amide bonds. The number of benzene rings is 1. The molecule has 0 radical (unpaired) electrons. The smallest absolute Gasteiger partial charge is 0.323 e. The number of hydrogen-bond acceptors (Lipinski definition) is 4. The Balaban J connectivity index is 1.55. The first-order chi connectivity index (χ1) is 12.9. The van der Waals surface area contributed by atoms with Gasteiger partial charge in [-0.25, -0.2) is 14.8 Å². The van der Waals surface area contributed by atoms with Gasteiger partial charge in [-0.15, -0.1) is 0 Å². The van der Waals surface area contributed by atoms with Gasteiger partial charge >= 0.3 is 6.03 Å². The number of rotatable bonds is 3. The van der Waals surface area contributed by atoms with Crippen molar-refractivity contribution in [2.45, 2.75) is 36.8 Å². The zero-order chi connectivity index (χ0) is 19.1. The Kier molecular flexibility index (Phi) is 4.56. The summed E-state index contributed by atoms with van der Waals surface area (Å²) in [4.78, 5) is 24.7. The van der Waals surface area contributed by atoms with Crippen LogP contribution < -0.4 is 10.2 Å². The summed E-state index contributed by atoms with van der Waals surface area (Å²) in [6, 6.07) is 12.3. The minimum Gasteiger partial charge on any atom is -0.330 e. The molecule has 7 heteroatoms. The van der Waals surface area contributed by atoms with Gasteiger partial charge in [-0.05, 0) is 63.0 Å². The normalized spacial score (nSPS) is 28.0. The van der Waals surface area contributed by atoms with E-state index in [9.17, 15) is 4.79 Å². The molecular formula is C20H24ClN5O. The van der Waals surface area contributed by atoms with Crippen LogP contribution in [0.15, 0.2) is 42.6 Å². The SMILES string of the molecule is CN(C)[C@]1(c2ccccc2)CC[C@@]2(CC1)CN(c1ccnc(Cl)n1)C(=O)N2. The molecule has 142 valence electrons. The zero-order valence-electron chi connectivity index (χ0n) is 15.7. The van der Waals surface area contributed by atoms with Gasteiger partial charge in [0.1, 0.15) is 5.82 Å². The molecule has 2 fully saturated rings. The van der Waals surface area contributed by atoms with Crippen LogP contribution in [-0.4, -0.2) is 47.1 Å². The van der Waals surface area contributed by atoms with Crippen LogP contribution in [0.1, 0.15) is 31.2 Å². The fourth-order valence-corrected chi connectivity index (χ4v) is 4.68. The van der Waals surface area contributed by atoms with E-state index in [1.165, 1.54) is 5.56 Å². The van der Waals surface area contributed by atoms with Crippen LogP contribution in [0.3, 0.4) is 0 Å². The number of anilines is 1. The number of hydrogen-bond donors (Lipinski definition) is 1. The van der Waals surface area contributed by atoms with Crippen molar-refractivity contribution in [3.05, 3.63) is 53.4 Å². The van der Waals surface area contributed by atoms with Crippen LogP contribution in [0.5, 0.6) is 0 Å². The fraction of sp³-hybridized carbons (Fsp3) is 0.450. The Morgan fingerprint density at radius 1 is 1.11 bits per heavy atom. The summed E-state index contributed by atoms with van der Waals surface area (Å²) in [5, 5.41) is 3.38. The lowest BCUT2D eigenvalue weighted by molar-refractivity contribution is 0.0657. The van der Waals surface area contributed by atoms with Crippen molar-refractivity contribution < 1.29 is 4.79 Å². The fourth-order valence-electron chi connectivity index (χ4n) is 4.54. The maximum absolute atomic E-state index is 12.6. The summed E-state index contributed by atoms with van der Waals surface area (Å²) in [6.07, 6.45) is 5.39. The molecule has 2 aromatic rings. The quantitative estimate of drug-likeness (QED) is 0.822. The van der Waals surface area contributed by atoms with E-state index in [1.54, 1.807) is 17.2 Å². The highest BCUT2D eigenvalue weighted by Gasteiger charge is 2.50. The van der Waals surface area contributed by atoms with Crippen LogP contribution in [0.2, 0.25) is 5.28 Å². The second kappa shape index (κ2) is 6.77. The molecule has 1 aromatic heterocycles. The summed E-state index contributed by atoms with van der Waals surface area (Å²) in [5.41, 5.74) is 1.12. The van der Waals surface area contributed by atoms with Gasteiger partial charge in [-0.3, -0.25) is 9.80 Å². The van der Waals surface area contributed by atoms with Crippen molar-refractivity contribution in [3.63, 3.8) is 0 Å². The first-order valence-corrected chi connectivity index (χ1v) is 9.63. The molecule has 1 aromatic carbocycles. The molecule has 1 aliphatic heterocycles. The largest absolute Gasteiger partial charge is 0.330 e. The van der Waals surface area contributed by atoms with Crippen LogP contribution >= 0.6 is 11.6 Å². The Bertz CT molecular complexity index is 833. The number of aromatic nitrogens is 2. The van der Waals surface area contributed by atoms with Crippen molar-refractivity contribution in [3.8, 4) is 0 Å². The molecule has 2 heterocycles. The summed E-state index contributed by atoms with van der Waals surface area (Å²) in [7, 11) is 4.29. The number of amides is 2. The van der Waals surface area contributed by atoms with Crippen molar-refractivity contribution in [2.24, 2.45) is 0 Å². The number of carbonyl (C=O) groups excluding carboxylic acids is 1. The molecule has 4 rings (SSSR count). The topological polar surface area (TPSA) is 61.4 Å². The highest BCUT2D eigenvalue weighted by Crippen LogP contribution is 2.46. The highest BCUT2D eigenvalue weighted by atomic mass is 35.5. The molecule has 0 atom stereocenters. The Morgan fingerprint density at radius 3 is 2.44 bits per heavy atom. The number of halogens is 1. The van der Waals surface area contributed by atoms with Gasteiger partial charge in [-0.2, -0.15) is 0 Å². The van der Waals surface area contributed by atoms with E-state index in [0.29, 0.717) is 12.4 Å². The molecule has 1 saturated carbocycles. The number of carbonyl (C=O) groups is 1. The number of nitrogens with one attached hydrogen (secondary N) is 1. The van der Waals surface area contributed by atoms with Gasteiger partial charge in [0.15, 0.2) is 0 Å². The molecule has 0 unspecified atom stereocenters. The van der Waals surface area contributed by atoms with Crippen molar-refractivity contribution in [2.75, 3.05) is 25.5 Å². The van der Waals surface area contributed by atoms with Crippen molar-refractivity contribution in [1.29, 1.82) is 0 Å². The third-order valence-corrected chi connectivity index (χ3v) is 6.35. The summed E-state index contributed by atoms with van der Waals surface area (Å²) in [5.74, 6) is 0.553. The van der Waals surface area contributed by atoms with Gasteiger partial charge in [0.2, 0.25) is 5.28 Å². The van der Waals surface area contributed by atoms with Gasteiger partial charge in [0, 0.05) is 11.7 Å². The molecule has 1 saturated heterocycles. The van der Waals surface area contributed by atoms with Gasteiger partial charge < -0.3 is 5.32 Å². The van der Waals surface area contributed by atoms with E-state index in [1.807, 2.05) is 0 Å². The Labute approximate surface area is 164 Å². The molecule has 1 spiro atoms. The second-order valence-electron chi connectivity index (χ2n) is 7.77. The van der Waals surface area contributed by atoms with Gasteiger partial charge in [0.25, 0.3) is 0 Å². The van der Waals surface area contributed by atoms with Crippen LogP contribution in [0.4, 0.5) is 10.6 Å². The third kappa shape index (κ3) is 3.17. The maximum Gasteiger partial charge on any atom is 0.323 e. The average Bonchev–Trinajstić information content (AvgIpc) is 2.99. The van der Waals surface area contributed by atoms with E-state index < -0.39 is 0 Å². The molecule has 6 nitrogen and oxygen atoms in total. The van der Waals surface area contributed by atoms with E-state index in [0.717, 1.165) is 25.7 Å². The monoisotopic (exact) mass is 385 g/mol. The molecule has 2 aliphatic rings. The second-order valence-corrected chi connectivity index (χ2v) is 8.11. The molecule has 1 aliphatic carbocycles. The zero-order valence-corrected chi connectivity index (χ0v) is 16.4. The van der Waals surface area contributed by atoms with Gasteiger partial charge in [-0.1, -0.05) is 30.3 Å². The summed E-state index contributed by atoms with van der Waals surface area (Å²) >= 11 is 5.90. The number of urea groups is 1. The maximum atomic E-state index is 12.6. The minimum atomic E-state index is -0.219. The lowest BCUT2D eigenvalue weighted by atomic mass is 9.69. The predicted octanol–water partition coefficient (Wildman–Crippen LogP) is 3.43. The summed E-state index contributed by atoms with van der Waals surface area (Å²) in [6.45, 7) is 0.609. The minimum absolute atomic E-state index is 0.00286. The van der Waals surface area contributed by atoms with E-state index in [4.69, 9.17) is 11.6 Å². The molecule has 0 bridgehead atoms. The Hall–Kier alpha value is -2.18. The van der Waals surface area contributed by atoms with Crippen LogP contribution in [0.25, 0.3) is 0 Å². The van der Waals surface area contributed by atoms with Gasteiger partial charge in [0.05, 0.1) is 12.1 Å². The first kappa shape index (κ1) is 18.2. The van der Waals surface area contributed by atoms with E-state index >= 15 is 0 Å². The lowest BCUT2D eigenvalue weighted by Crippen LogP contribution is -2.54. The third-order valence-electron chi connectivity index (χ3n) is 6.17. The molecule has 1 N–H and O–H groups in total. The first-order valence-electron chi connectivity index (χ1n) is 9.25. The standard InChI is InChI=1S/C20H24ClN5O/c1-25(2)20(15-6-4-3-5-7-15)11-9-19(10-12-20)14-26(18(27)24-19)16-8-13-22-17(21)23-16/h3-8,13H,9-12,14H2,1-2H3,(H,24,27)/t19-,20-. The van der Waals surface area contributed by atoms with Crippen molar-refractivity contribution >= 4 is 23.4 Å². The Morgan fingerprint density at radius 2 is 1.81 bits per heavy atom. The summed E-state index contributed by atoms with van der Waals surface area (Å²) < 4.78 is 0.